The van der Waals surface area contributed by atoms with Gasteiger partial charge in [0.05, 0.1) is 19.6 Å². The zero-order valence-corrected chi connectivity index (χ0v) is 15.4. The van der Waals surface area contributed by atoms with Crippen molar-refractivity contribution >= 4 is 61.8 Å². The van der Waals surface area contributed by atoms with Crippen molar-refractivity contribution in [3.63, 3.8) is 0 Å². The number of non-ortho nitro benzene ring substituents is 1. The van der Waals surface area contributed by atoms with Crippen molar-refractivity contribution in [1.29, 1.82) is 0 Å². The van der Waals surface area contributed by atoms with Crippen LogP contribution in [0.15, 0.2) is 47.6 Å². The SMILES string of the molecule is O=C(N/N=C\c1ccc(O)c(I)c1)c1cc2cc([N+](=O)[O-])ccc2s1. The van der Waals surface area contributed by atoms with Gasteiger partial charge in [-0.15, -0.1) is 11.3 Å². The highest BCUT2D eigenvalue weighted by atomic mass is 127. The molecule has 1 heterocycles. The van der Waals surface area contributed by atoms with E-state index < -0.39 is 10.8 Å². The molecule has 0 fully saturated rings. The number of nitrogens with one attached hydrogen (secondary N) is 1. The number of hydrazone groups is 1. The number of phenolic OH excluding ortho intramolecular Hbond substituents is 1. The molecule has 3 aromatic rings. The number of nitrogens with zero attached hydrogens (tertiary/aromatic N) is 2. The van der Waals surface area contributed by atoms with E-state index in [1.807, 2.05) is 22.6 Å². The van der Waals surface area contributed by atoms with Gasteiger partial charge in [0.2, 0.25) is 0 Å². The highest BCUT2D eigenvalue weighted by Crippen LogP contribution is 2.28. The van der Waals surface area contributed by atoms with E-state index in [4.69, 9.17) is 0 Å². The number of aromatic hydroxyl groups is 1. The quantitative estimate of drug-likeness (QED) is 0.263. The fraction of sp³-hybridized carbons (Fsp3) is 0. The Labute approximate surface area is 159 Å². The highest BCUT2D eigenvalue weighted by molar-refractivity contribution is 14.1. The van der Waals surface area contributed by atoms with Gasteiger partial charge in [0.15, 0.2) is 0 Å². The maximum absolute atomic E-state index is 12.2. The van der Waals surface area contributed by atoms with Crippen LogP contribution in [0.25, 0.3) is 10.1 Å². The van der Waals surface area contributed by atoms with Crippen molar-refractivity contribution in [3.05, 3.63) is 66.6 Å². The van der Waals surface area contributed by atoms with Crippen LogP contribution < -0.4 is 5.43 Å². The summed E-state index contributed by atoms with van der Waals surface area (Å²) in [6.45, 7) is 0. The molecular formula is C16H10IN3O4S. The fourth-order valence-electron chi connectivity index (χ4n) is 2.08. The number of rotatable bonds is 4. The van der Waals surface area contributed by atoms with E-state index in [0.717, 1.165) is 10.3 Å². The molecule has 9 heteroatoms. The molecular weight excluding hydrogens is 457 g/mol. The molecule has 0 radical (unpaired) electrons. The third kappa shape index (κ3) is 3.94. The summed E-state index contributed by atoms with van der Waals surface area (Å²) in [5.41, 5.74) is 3.14. The minimum absolute atomic E-state index is 0.0165. The first-order chi connectivity index (χ1) is 11.9. The molecule has 0 bridgehead atoms. The van der Waals surface area contributed by atoms with Gasteiger partial charge in [0.1, 0.15) is 5.75 Å². The van der Waals surface area contributed by atoms with Gasteiger partial charge in [-0.05, 0) is 58.5 Å². The van der Waals surface area contributed by atoms with Crippen molar-refractivity contribution in [2.45, 2.75) is 0 Å². The maximum Gasteiger partial charge on any atom is 0.281 e. The largest absolute Gasteiger partial charge is 0.507 e. The minimum atomic E-state index is -0.472. The molecule has 0 aliphatic rings. The van der Waals surface area contributed by atoms with E-state index in [1.54, 1.807) is 30.3 Å². The summed E-state index contributed by atoms with van der Waals surface area (Å²) in [6.07, 6.45) is 1.47. The lowest BCUT2D eigenvalue weighted by molar-refractivity contribution is -0.384. The number of thiophene rings is 1. The normalized spacial score (nSPS) is 11.1. The Balaban J connectivity index is 1.74. The van der Waals surface area contributed by atoms with Crippen molar-refractivity contribution in [2.75, 3.05) is 0 Å². The summed E-state index contributed by atoms with van der Waals surface area (Å²) in [5, 5.41) is 24.8. The summed E-state index contributed by atoms with van der Waals surface area (Å²) in [4.78, 5) is 22.9. The number of fused-ring (bicyclic) bond motifs is 1. The van der Waals surface area contributed by atoms with Gasteiger partial charge in [-0.2, -0.15) is 5.10 Å². The summed E-state index contributed by atoms with van der Waals surface area (Å²) in [7, 11) is 0. The first kappa shape index (κ1) is 17.3. The number of carbonyl (C=O) groups is 1. The van der Waals surface area contributed by atoms with Gasteiger partial charge in [-0.1, -0.05) is 0 Å². The molecule has 3 rings (SSSR count). The Hall–Kier alpha value is -2.53. The monoisotopic (exact) mass is 467 g/mol. The van der Waals surface area contributed by atoms with Gasteiger partial charge in [0.25, 0.3) is 11.6 Å². The standard InChI is InChI=1S/C16H10IN3O4S/c17-12-5-9(1-3-13(12)21)8-18-19-16(22)15-7-10-6-11(20(23)24)2-4-14(10)25-15/h1-8,21H,(H,19,22)/b18-8-. The lowest BCUT2D eigenvalue weighted by Gasteiger charge is -1.98. The molecule has 0 aliphatic heterocycles. The molecule has 0 saturated heterocycles. The van der Waals surface area contributed by atoms with Crippen LogP contribution >= 0.6 is 33.9 Å². The zero-order valence-electron chi connectivity index (χ0n) is 12.5. The van der Waals surface area contributed by atoms with Crippen LogP contribution in [0.1, 0.15) is 15.2 Å². The zero-order chi connectivity index (χ0) is 18.0. The van der Waals surface area contributed by atoms with Crippen LogP contribution in [0.4, 0.5) is 5.69 Å². The molecule has 2 aromatic carbocycles. The van der Waals surface area contributed by atoms with Crippen molar-refractivity contribution in [3.8, 4) is 5.75 Å². The van der Waals surface area contributed by atoms with Gasteiger partial charge in [-0.3, -0.25) is 14.9 Å². The number of halogens is 1. The Bertz CT molecular complexity index is 1020. The Morgan fingerprint density at radius 2 is 2.08 bits per heavy atom. The number of hydrogen-bond donors (Lipinski definition) is 2. The summed E-state index contributed by atoms with van der Waals surface area (Å²) in [5.74, 6) is -0.213. The van der Waals surface area contributed by atoms with Crippen LogP contribution in [0.2, 0.25) is 0 Å². The lowest BCUT2D eigenvalue weighted by Crippen LogP contribution is -2.16. The second-order valence-electron chi connectivity index (χ2n) is 5.00. The maximum atomic E-state index is 12.2. The van der Waals surface area contributed by atoms with Crippen LogP contribution in [-0.2, 0) is 0 Å². The summed E-state index contributed by atoms with van der Waals surface area (Å²) in [6, 6.07) is 11.0. The second-order valence-corrected chi connectivity index (χ2v) is 7.25. The Kier molecular flexibility index (Phi) is 4.95. The molecule has 7 nitrogen and oxygen atoms in total. The predicted molar refractivity (Wildman–Crippen MR) is 104 cm³/mol. The smallest absolute Gasteiger partial charge is 0.281 e. The molecule has 1 amide bonds. The second kappa shape index (κ2) is 7.15. The molecule has 1 aromatic heterocycles. The molecule has 0 spiro atoms. The molecule has 0 saturated carbocycles. The van der Waals surface area contributed by atoms with Gasteiger partial charge < -0.3 is 5.11 Å². The Morgan fingerprint density at radius 1 is 1.28 bits per heavy atom. The fourth-order valence-corrected chi connectivity index (χ4v) is 3.55. The highest BCUT2D eigenvalue weighted by Gasteiger charge is 2.12. The van der Waals surface area contributed by atoms with E-state index in [-0.39, 0.29) is 11.4 Å². The lowest BCUT2D eigenvalue weighted by atomic mass is 10.2. The van der Waals surface area contributed by atoms with E-state index in [1.165, 1.54) is 29.7 Å². The summed E-state index contributed by atoms with van der Waals surface area (Å²) < 4.78 is 1.46. The van der Waals surface area contributed by atoms with E-state index in [0.29, 0.717) is 13.8 Å². The molecule has 0 atom stereocenters. The number of benzene rings is 2. The number of nitro benzene ring substituents is 1. The number of phenols is 1. The van der Waals surface area contributed by atoms with E-state index in [9.17, 15) is 20.0 Å². The van der Waals surface area contributed by atoms with Crippen LogP contribution in [0.3, 0.4) is 0 Å². The van der Waals surface area contributed by atoms with Crippen LogP contribution in [0, 0.1) is 13.7 Å². The molecule has 25 heavy (non-hydrogen) atoms. The number of carbonyl (C=O) groups excluding carboxylic acids is 1. The van der Waals surface area contributed by atoms with Gasteiger partial charge >= 0.3 is 0 Å². The number of nitro groups is 1. The predicted octanol–water partition coefficient (Wildman–Crippen LogP) is 3.88. The van der Waals surface area contributed by atoms with Gasteiger partial charge in [0, 0.05) is 22.2 Å². The average molecular weight is 467 g/mol. The molecule has 126 valence electrons. The topological polar surface area (TPSA) is 105 Å². The average Bonchev–Trinajstić information content (AvgIpc) is 3.01. The third-order valence-corrected chi connectivity index (χ3v) is 5.26. The number of amides is 1. The molecule has 0 aliphatic carbocycles. The molecule has 2 N–H and O–H groups in total. The van der Waals surface area contributed by atoms with Gasteiger partial charge in [-0.25, -0.2) is 5.43 Å². The summed E-state index contributed by atoms with van der Waals surface area (Å²) >= 11 is 3.23. The van der Waals surface area contributed by atoms with Crippen molar-refractivity contribution < 1.29 is 14.8 Å². The van der Waals surface area contributed by atoms with E-state index in [2.05, 4.69) is 10.5 Å². The van der Waals surface area contributed by atoms with E-state index >= 15 is 0 Å². The first-order valence-electron chi connectivity index (χ1n) is 6.94. The first-order valence-corrected chi connectivity index (χ1v) is 8.83. The van der Waals surface area contributed by atoms with Crippen molar-refractivity contribution in [1.82, 2.24) is 5.43 Å². The molecule has 0 unspecified atom stereocenters. The third-order valence-electron chi connectivity index (χ3n) is 3.29. The number of hydrogen-bond acceptors (Lipinski definition) is 6. The van der Waals surface area contributed by atoms with Crippen LogP contribution in [0.5, 0.6) is 5.75 Å². The Morgan fingerprint density at radius 3 is 2.80 bits per heavy atom. The van der Waals surface area contributed by atoms with Crippen molar-refractivity contribution in [2.24, 2.45) is 5.10 Å². The minimum Gasteiger partial charge on any atom is -0.507 e. The van der Waals surface area contributed by atoms with Crippen LogP contribution in [-0.4, -0.2) is 22.2 Å².